The van der Waals surface area contributed by atoms with E-state index in [0.29, 0.717) is 25.9 Å². The zero-order valence-corrected chi connectivity index (χ0v) is 19.3. The molecule has 1 amide bonds. The van der Waals surface area contributed by atoms with E-state index in [-0.39, 0.29) is 11.7 Å². The Hall–Kier alpha value is -3.93. The fourth-order valence-electron chi connectivity index (χ4n) is 4.73. The molecule has 0 atom stereocenters. The number of amides is 1. The predicted molar refractivity (Wildman–Crippen MR) is 136 cm³/mol. The topological polar surface area (TPSA) is 68.8 Å². The van der Waals surface area contributed by atoms with Gasteiger partial charge in [-0.1, -0.05) is 18.2 Å². The number of H-pyrrole nitrogens is 1. The number of aryl methyl sites for hydroxylation is 1. The number of benzene rings is 3. The number of hydrogen-bond donors (Lipinski definition) is 2. The Kier molecular flexibility index (Phi) is 6.12. The van der Waals surface area contributed by atoms with Crippen molar-refractivity contribution in [1.29, 1.82) is 0 Å². The molecule has 0 saturated carbocycles. The van der Waals surface area contributed by atoms with Crippen LogP contribution in [0.2, 0.25) is 0 Å². The van der Waals surface area contributed by atoms with Crippen LogP contribution in [-0.2, 0) is 11.2 Å². The number of rotatable bonds is 6. The average molecular weight is 456 g/mol. The fraction of sp³-hybridized carbons (Fsp3) is 0.250. The fourth-order valence-corrected chi connectivity index (χ4v) is 4.73. The van der Waals surface area contributed by atoms with Crippen LogP contribution in [0.4, 0.5) is 5.69 Å². The third-order valence-electron chi connectivity index (χ3n) is 6.63. The SMILES string of the molecule is COc1ccc(-c2[nH]c3ccccc3c2CCC(=O)N2CCN(c3ccc(O)cc3)CC2)cc1. The number of fused-ring (bicyclic) bond motifs is 1. The smallest absolute Gasteiger partial charge is 0.223 e. The summed E-state index contributed by atoms with van der Waals surface area (Å²) in [7, 11) is 1.67. The Morgan fingerprint density at radius 3 is 2.35 bits per heavy atom. The van der Waals surface area contributed by atoms with Crippen LogP contribution in [-0.4, -0.2) is 54.2 Å². The van der Waals surface area contributed by atoms with Crippen LogP contribution in [0.3, 0.4) is 0 Å². The maximum atomic E-state index is 13.1. The number of piperazine rings is 1. The lowest BCUT2D eigenvalue weighted by molar-refractivity contribution is -0.131. The van der Waals surface area contributed by atoms with Crippen LogP contribution in [0, 0.1) is 0 Å². The van der Waals surface area contributed by atoms with Gasteiger partial charge in [-0.05, 0) is 72.1 Å². The summed E-state index contributed by atoms with van der Waals surface area (Å²) in [6.07, 6.45) is 1.16. The molecule has 0 spiro atoms. The number of anilines is 1. The van der Waals surface area contributed by atoms with Gasteiger partial charge < -0.3 is 24.6 Å². The van der Waals surface area contributed by atoms with E-state index in [2.05, 4.69) is 34.1 Å². The molecular weight excluding hydrogens is 426 g/mol. The van der Waals surface area contributed by atoms with Crippen molar-refractivity contribution in [2.24, 2.45) is 0 Å². The molecule has 1 aliphatic heterocycles. The van der Waals surface area contributed by atoms with Crippen molar-refractivity contribution < 1.29 is 14.6 Å². The molecule has 1 fully saturated rings. The quantitative estimate of drug-likeness (QED) is 0.437. The first kappa shape index (κ1) is 21.9. The average Bonchev–Trinajstić information content (AvgIpc) is 3.26. The Bertz CT molecular complexity index is 1270. The molecule has 5 rings (SSSR count). The van der Waals surface area contributed by atoms with Crippen LogP contribution in [0.15, 0.2) is 72.8 Å². The number of methoxy groups -OCH3 is 1. The number of hydrogen-bond acceptors (Lipinski definition) is 4. The van der Waals surface area contributed by atoms with Gasteiger partial charge in [0.15, 0.2) is 0 Å². The van der Waals surface area contributed by atoms with Crippen LogP contribution < -0.4 is 9.64 Å². The summed E-state index contributed by atoms with van der Waals surface area (Å²) in [6.45, 7) is 3.00. The number of nitrogens with zero attached hydrogens (tertiary/aromatic N) is 2. The summed E-state index contributed by atoms with van der Waals surface area (Å²) >= 11 is 0. The molecule has 1 aromatic heterocycles. The number of phenolic OH excluding ortho intramolecular Hbond substituents is 1. The Morgan fingerprint density at radius 1 is 0.941 bits per heavy atom. The lowest BCUT2D eigenvalue weighted by atomic mass is 10.0. The second kappa shape index (κ2) is 9.51. The minimum atomic E-state index is 0.191. The highest BCUT2D eigenvalue weighted by Gasteiger charge is 2.22. The molecule has 2 heterocycles. The highest BCUT2D eigenvalue weighted by Crippen LogP contribution is 2.32. The first-order valence-electron chi connectivity index (χ1n) is 11.7. The van der Waals surface area contributed by atoms with Gasteiger partial charge in [0, 0.05) is 54.9 Å². The zero-order valence-electron chi connectivity index (χ0n) is 19.3. The molecule has 6 nitrogen and oxygen atoms in total. The van der Waals surface area contributed by atoms with Crippen LogP contribution in [0.1, 0.15) is 12.0 Å². The highest BCUT2D eigenvalue weighted by atomic mass is 16.5. The predicted octanol–water partition coefficient (Wildman–Crippen LogP) is 4.83. The van der Waals surface area contributed by atoms with E-state index >= 15 is 0 Å². The van der Waals surface area contributed by atoms with Crippen molar-refractivity contribution in [2.45, 2.75) is 12.8 Å². The first-order chi connectivity index (χ1) is 16.6. The van der Waals surface area contributed by atoms with E-state index in [0.717, 1.165) is 41.3 Å². The molecular formula is C28H29N3O3. The molecule has 6 heteroatoms. The molecule has 0 radical (unpaired) electrons. The molecule has 0 unspecified atom stereocenters. The Labute approximate surface area is 199 Å². The van der Waals surface area contributed by atoms with Crippen molar-refractivity contribution in [3.63, 3.8) is 0 Å². The number of ether oxygens (including phenoxy) is 1. The number of nitrogens with one attached hydrogen (secondary N) is 1. The van der Waals surface area contributed by atoms with Gasteiger partial charge >= 0.3 is 0 Å². The van der Waals surface area contributed by atoms with Crippen molar-refractivity contribution >= 4 is 22.5 Å². The van der Waals surface area contributed by atoms with Gasteiger partial charge in [0.25, 0.3) is 0 Å². The third kappa shape index (κ3) is 4.44. The number of aromatic hydroxyl groups is 1. The molecule has 34 heavy (non-hydrogen) atoms. The lowest BCUT2D eigenvalue weighted by Crippen LogP contribution is -2.48. The first-order valence-corrected chi connectivity index (χ1v) is 11.7. The summed E-state index contributed by atoms with van der Waals surface area (Å²) in [6, 6.07) is 23.5. The summed E-state index contributed by atoms with van der Waals surface area (Å²) in [4.78, 5) is 20.9. The normalized spacial score (nSPS) is 13.9. The number of phenols is 1. The van der Waals surface area contributed by atoms with Gasteiger partial charge in [-0.2, -0.15) is 0 Å². The van der Waals surface area contributed by atoms with Gasteiger partial charge in [-0.15, -0.1) is 0 Å². The second-order valence-corrected chi connectivity index (χ2v) is 8.64. The van der Waals surface area contributed by atoms with E-state index in [9.17, 15) is 9.90 Å². The van der Waals surface area contributed by atoms with Gasteiger partial charge in [0.2, 0.25) is 5.91 Å². The van der Waals surface area contributed by atoms with E-state index in [4.69, 9.17) is 4.74 Å². The van der Waals surface area contributed by atoms with E-state index in [1.807, 2.05) is 41.3 Å². The number of carbonyl (C=O) groups is 1. The summed E-state index contributed by atoms with van der Waals surface area (Å²) < 4.78 is 5.31. The minimum absolute atomic E-state index is 0.191. The minimum Gasteiger partial charge on any atom is -0.508 e. The van der Waals surface area contributed by atoms with Crippen molar-refractivity contribution in [2.75, 3.05) is 38.2 Å². The second-order valence-electron chi connectivity index (χ2n) is 8.64. The van der Waals surface area contributed by atoms with Crippen molar-refractivity contribution in [1.82, 2.24) is 9.88 Å². The molecule has 1 aliphatic rings. The number of carbonyl (C=O) groups excluding carboxylic acids is 1. The Balaban J connectivity index is 1.28. The molecule has 4 aromatic rings. The van der Waals surface area contributed by atoms with Crippen LogP contribution in [0.5, 0.6) is 11.5 Å². The number of aromatic nitrogens is 1. The van der Waals surface area contributed by atoms with E-state index in [1.165, 1.54) is 10.9 Å². The number of para-hydroxylation sites is 1. The maximum Gasteiger partial charge on any atom is 0.223 e. The van der Waals surface area contributed by atoms with Gasteiger partial charge in [0.05, 0.1) is 7.11 Å². The largest absolute Gasteiger partial charge is 0.508 e. The lowest BCUT2D eigenvalue weighted by Gasteiger charge is -2.36. The summed E-state index contributed by atoms with van der Waals surface area (Å²) in [5.41, 5.74) is 5.48. The van der Waals surface area contributed by atoms with Crippen LogP contribution >= 0.6 is 0 Å². The molecule has 0 aliphatic carbocycles. The molecule has 3 aromatic carbocycles. The van der Waals surface area contributed by atoms with Gasteiger partial charge in [0.1, 0.15) is 11.5 Å². The van der Waals surface area contributed by atoms with Gasteiger partial charge in [-0.25, -0.2) is 0 Å². The monoisotopic (exact) mass is 455 g/mol. The highest BCUT2D eigenvalue weighted by molar-refractivity contribution is 5.91. The van der Waals surface area contributed by atoms with Crippen molar-refractivity contribution in [3.05, 3.63) is 78.4 Å². The van der Waals surface area contributed by atoms with Gasteiger partial charge in [-0.3, -0.25) is 4.79 Å². The standard InChI is InChI=1S/C28H29N3O3/c1-34-23-12-6-20(7-13-23)28-25(24-4-2-3-5-26(24)29-28)14-15-27(33)31-18-16-30(17-19-31)21-8-10-22(32)11-9-21/h2-13,29,32H,14-19H2,1H3. The Morgan fingerprint density at radius 2 is 1.65 bits per heavy atom. The molecule has 0 bridgehead atoms. The molecule has 1 saturated heterocycles. The number of aromatic amines is 1. The summed E-state index contributed by atoms with van der Waals surface area (Å²) in [5.74, 6) is 1.28. The van der Waals surface area contributed by atoms with Crippen molar-refractivity contribution in [3.8, 4) is 22.8 Å². The maximum absolute atomic E-state index is 13.1. The summed E-state index contributed by atoms with van der Waals surface area (Å²) in [5, 5.41) is 10.7. The third-order valence-corrected chi connectivity index (χ3v) is 6.63. The molecule has 174 valence electrons. The zero-order chi connectivity index (χ0) is 23.5. The molecule has 2 N–H and O–H groups in total. The van der Waals surface area contributed by atoms with Crippen LogP contribution in [0.25, 0.3) is 22.2 Å². The van der Waals surface area contributed by atoms with E-state index in [1.54, 1.807) is 19.2 Å². The van der Waals surface area contributed by atoms with E-state index < -0.39 is 0 Å².